The molecule has 2 heterocycles. The van der Waals surface area contributed by atoms with Crippen LogP contribution < -0.4 is 5.32 Å². The molecule has 1 N–H and O–H groups in total. The smallest absolute Gasteiger partial charge is 0.150 e. The summed E-state index contributed by atoms with van der Waals surface area (Å²) in [4.78, 5) is 0. The van der Waals surface area contributed by atoms with Gasteiger partial charge in [0.2, 0.25) is 0 Å². The van der Waals surface area contributed by atoms with Crippen molar-refractivity contribution in [2.75, 3.05) is 11.5 Å². The maximum absolute atomic E-state index is 11.3. The van der Waals surface area contributed by atoms with Gasteiger partial charge in [-0.25, -0.2) is 8.42 Å². The van der Waals surface area contributed by atoms with Crippen molar-refractivity contribution in [2.24, 2.45) is 0 Å². The van der Waals surface area contributed by atoms with Crippen molar-refractivity contribution in [3.63, 3.8) is 0 Å². The van der Waals surface area contributed by atoms with Gasteiger partial charge in [0.25, 0.3) is 0 Å². The van der Waals surface area contributed by atoms with Crippen LogP contribution in [0.25, 0.3) is 0 Å². The summed E-state index contributed by atoms with van der Waals surface area (Å²) in [6, 6.07) is 4.27. The average molecular weight is 257 g/mol. The molecule has 0 saturated carbocycles. The van der Waals surface area contributed by atoms with Crippen LogP contribution in [0.2, 0.25) is 0 Å². The molecule has 1 aromatic heterocycles. The summed E-state index contributed by atoms with van der Waals surface area (Å²) in [6.45, 7) is 2.74. The fraction of sp³-hybridized carbons (Fsp3) is 0.667. The van der Waals surface area contributed by atoms with Crippen molar-refractivity contribution < 1.29 is 12.8 Å². The Hall–Kier alpha value is -0.810. The van der Waals surface area contributed by atoms with Crippen LogP contribution in [0.5, 0.6) is 0 Å². The Morgan fingerprint density at radius 1 is 1.29 bits per heavy atom. The van der Waals surface area contributed by atoms with Gasteiger partial charge in [0, 0.05) is 12.5 Å². The Balaban J connectivity index is 1.79. The van der Waals surface area contributed by atoms with Crippen molar-refractivity contribution in [1.82, 2.24) is 5.32 Å². The molecule has 0 atom stereocenters. The zero-order chi connectivity index (χ0) is 12.3. The van der Waals surface area contributed by atoms with Crippen molar-refractivity contribution in [3.05, 3.63) is 23.7 Å². The summed E-state index contributed by atoms with van der Waals surface area (Å²) in [6.07, 6.45) is 2.33. The summed E-state index contributed by atoms with van der Waals surface area (Å²) >= 11 is 0. The number of furan rings is 1. The summed E-state index contributed by atoms with van der Waals surface area (Å²) in [5.41, 5.74) is 0. The van der Waals surface area contributed by atoms with E-state index in [0.29, 0.717) is 36.9 Å². The molecule has 0 spiro atoms. The highest BCUT2D eigenvalue weighted by atomic mass is 32.2. The van der Waals surface area contributed by atoms with Crippen LogP contribution in [0.1, 0.15) is 31.3 Å². The van der Waals surface area contributed by atoms with Crippen LogP contribution >= 0.6 is 0 Å². The quantitative estimate of drug-likeness (QED) is 0.888. The fourth-order valence-corrected chi connectivity index (χ4v) is 3.54. The molecule has 96 valence electrons. The first-order valence-electron chi connectivity index (χ1n) is 6.10. The third-order valence-corrected chi connectivity index (χ3v) is 4.90. The second kappa shape index (κ2) is 5.23. The SMILES string of the molecule is CCc1ccc(CNC2CCS(=O)(=O)CC2)o1. The number of aryl methyl sites for hydroxylation is 1. The minimum atomic E-state index is -2.76. The monoisotopic (exact) mass is 257 g/mol. The highest BCUT2D eigenvalue weighted by Crippen LogP contribution is 2.14. The summed E-state index contributed by atoms with van der Waals surface area (Å²) in [5.74, 6) is 2.54. The zero-order valence-electron chi connectivity index (χ0n) is 10.1. The minimum absolute atomic E-state index is 0.300. The molecular formula is C12H19NO3S. The van der Waals surface area contributed by atoms with Gasteiger partial charge in [0.15, 0.2) is 0 Å². The summed E-state index contributed by atoms with van der Waals surface area (Å²) in [5, 5.41) is 3.35. The molecule has 1 saturated heterocycles. The van der Waals surface area contributed by atoms with Gasteiger partial charge in [-0.15, -0.1) is 0 Å². The van der Waals surface area contributed by atoms with E-state index in [1.54, 1.807) is 0 Å². The molecule has 1 aliphatic rings. The van der Waals surface area contributed by atoms with Crippen LogP contribution in [-0.4, -0.2) is 26.0 Å². The maximum atomic E-state index is 11.3. The molecule has 0 amide bonds. The Bertz CT molecular complexity index is 450. The van der Waals surface area contributed by atoms with Gasteiger partial charge in [-0.1, -0.05) is 6.92 Å². The second-order valence-corrected chi connectivity index (χ2v) is 6.83. The number of nitrogens with one attached hydrogen (secondary N) is 1. The lowest BCUT2D eigenvalue weighted by Crippen LogP contribution is -2.37. The molecule has 17 heavy (non-hydrogen) atoms. The van der Waals surface area contributed by atoms with Gasteiger partial charge in [-0.2, -0.15) is 0 Å². The predicted octanol–water partition coefficient (Wildman–Crippen LogP) is 1.51. The molecule has 5 heteroatoms. The highest BCUT2D eigenvalue weighted by molar-refractivity contribution is 7.91. The lowest BCUT2D eigenvalue weighted by molar-refractivity contribution is 0.408. The van der Waals surface area contributed by atoms with E-state index in [4.69, 9.17) is 4.42 Å². The van der Waals surface area contributed by atoms with Crippen LogP contribution in [0.3, 0.4) is 0 Å². The largest absolute Gasteiger partial charge is 0.465 e. The van der Waals surface area contributed by atoms with E-state index in [-0.39, 0.29) is 0 Å². The maximum Gasteiger partial charge on any atom is 0.150 e. The Morgan fingerprint density at radius 2 is 1.94 bits per heavy atom. The van der Waals surface area contributed by atoms with E-state index < -0.39 is 9.84 Å². The normalized spacial score (nSPS) is 20.5. The van der Waals surface area contributed by atoms with Crippen LogP contribution in [0.4, 0.5) is 0 Å². The standard InChI is InChI=1S/C12H19NO3S/c1-2-11-3-4-12(16-11)9-13-10-5-7-17(14,15)8-6-10/h3-4,10,13H,2,5-9H2,1H3. The Labute approximate surface area is 102 Å². The average Bonchev–Trinajstić information content (AvgIpc) is 2.75. The third-order valence-electron chi connectivity index (χ3n) is 3.19. The molecule has 0 aromatic carbocycles. The molecule has 4 nitrogen and oxygen atoms in total. The zero-order valence-corrected chi connectivity index (χ0v) is 10.9. The predicted molar refractivity (Wildman–Crippen MR) is 66.6 cm³/mol. The van der Waals surface area contributed by atoms with Gasteiger partial charge in [-0.3, -0.25) is 0 Å². The van der Waals surface area contributed by atoms with E-state index in [2.05, 4.69) is 12.2 Å². The van der Waals surface area contributed by atoms with E-state index in [0.717, 1.165) is 17.9 Å². The van der Waals surface area contributed by atoms with Gasteiger partial charge < -0.3 is 9.73 Å². The molecule has 1 aromatic rings. The Morgan fingerprint density at radius 3 is 2.53 bits per heavy atom. The van der Waals surface area contributed by atoms with Gasteiger partial charge in [-0.05, 0) is 25.0 Å². The van der Waals surface area contributed by atoms with Crippen LogP contribution in [0, 0.1) is 0 Å². The highest BCUT2D eigenvalue weighted by Gasteiger charge is 2.23. The molecule has 0 unspecified atom stereocenters. The van der Waals surface area contributed by atoms with Gasteiger partial charge >= 0.3 is 0 Å². The fourth-order valence-electron chi connectivity index (χ4n) is 2.05. The van der Waals surface area contributed by atoms with E-state index in [1.807, 2.05) is 12.1 Å². The topological polar surface area (TPSA) is 59.3 Å². The second-order valence-electron chi connectivity index (χ2n) is 4.53. The van der Waals surface area contributed by atoms with Gasteiger partial charge in [0.05, 0.1) is 18.1 Å². The van der Waals surface area contributed by atoms with E-state index >= 15 is 0 Å². The van der Waals surface area contributed by atoms with Crippen molar-refractivity contribution >= 4 is 9.84 Å². The molecule has 0 bridgehead atoms. The first kappa shape index (κ1) is 12.6. The first-order valence-corrected chi connectivity index (χ1v) is 7.92. The third kappa shape index (κ3) is 3.57. The first-order chi connectivity index (χ1) is 8.09. The van der Waals surface area contributed by atoms with E-state index in [1.165, 1.54) is 0 Å². The molecule has 0 radical (unpaired) electrons. The van der Waals surface area contributed by atoms with E-state index in [9.17, 15) is 8.42 Å². The number of sulfone groups is 1. The van der Waals surface area contributed by atoms with Crippen molar-refractivity contribution in [2.45, 2.75) is 38.8 Å². The summed E-state index contributed by atoms with van der Waals surface area (Å²) in [7, 11) is -2.76. The molecule has 2 rings (SSSR count). The number of hydrogen-bond acceptors (Lipinski definition) is 4. The Kier molecular flexibility index (Phi) is 3.89. The molecule has 1 fully saturated rings. The molecule has 1 aliphatic heterocycles. The van der Waals surface area contributed by atoms with Crippen LogP contribution in [0.15, 0.2) is 16.5 Å². The molecular weight excluding hydrogens is 238 g/mol. The number of rotatable bonds is 4. The van der Waals surface area contributed by atoms with Crippen molar-refractivity contribution in [1.29, 1.82) is 0 Å². The minimum Gasteiger partial charge on any atom is -0.465 e. The van der Waals surface area contributed by atoms with Crippen molar-refractivity contribution in [3.8, 4) is 0 Å². The summed E-state index contributed by atoms with van der Waals surface area (Å²) < 4.78 is 28.1. The van der Waals surface area contributed by atoms with Gasteiger partial charge in [0.1, 0.15) is 21.4 Å². The molecule has 0 aliphatic carbocycles. The lowest BCUT2D eigenvalue weighted by Gasteiger charge is -2.22. The number of hydrogen-bond donors (Lipinski definition) is 1. The lowest BCUT2D eigenvalue weighted by atomic mass is 10.1. The van der Waals surface area contributed by atoms with Crippen LogP contribution in [-0.2, 0) is 22.8 Å².